The fourth-order valence-corrected chi connectivity index (χ4v) is 3.40. The van der Waals surface area contributed by atoms with Crippen molar-refractivity contribution in [2.75, 3.05) is 26.7 Å². The van der Waals surface area contributed by atoms with Gasteiger partial charge in [-0.15, -0.1) is 0 Å². The SMILES string of the molecule is COC(=O)C1CC(NCCC(C)C)CN(C(C)C2CC2)C1. The van der Waals surface area contributed by atoms with Crippen molar-refractivity contribution in [2.24, 2.45) is 17.8 Å². The molecule has 2 aliphatic rings. The number of esters is 1. The molecule has 1 saturated heterocycles. The van der Waals surface area contributed by atoms with Gasteiger partial charge in [0.2, 0.25) is 0 Å². The van der Waals surface area contributed by atoms with Crippen LogP contribution in [0.4, 0.5) is 0 Å². The van der Waals surface area contributed by atoms with E-state index in [2.05, 4.69) is 31.0 Å². The van der Waals surface area contributed by atoms with Gasteiger partial charge < -0.3 is 10.1 Å². The van der Waals surface area contributed by atoms with Crippen LogP contribution in [0.3, 0.4) is 0 Å². The summed E-state index contributed by atoms with van der Waals surface area (Å²) in [5.41, 5.74) is 0. The Balaban J connectivity index is 1.90. The summed E-state index contributed by atoms with van der Waals surface area (Å²) < 4.78 is 4.99. The van der Waals surface area contributed by atoms with E-state index in [1.54, 1.807) is 0 Å². The molecule has 122 valence electrons. The number of piperidine rings is 1. The lowest BCUT2D eigenvalue weighted by Crippen LogP contribution is -2.54. The predicted molar refractivity (Wildman–Crippen MR) is 85.1 cm³/mol. The molecule has 0 aromatic rings. The number of nitrogens with zero attached hydrogens (tertiary/aromatic N) is 1. The maximum absolute atomic E-state index is 12.0. The predicted octanol–water partition coefficient (Wildman–Crippen LogP) is 2.28. The smallest absolute Gasteiger partial charge is 0.310 e. The lowest BCUT2D eigenvalue weighted by molar-refractivity contribution is -0.148. The van der Waals surface area contributed by atoms with Crippen molar-refractivity contribution in [2.45, 2.75) is 58.5 Å². The van der Waals surface area contributed by atoms with E-state index in [9.17, 15) is 4.79 Å². The number of nitrogens with one attached hydrogen (secondary N) is 1. The van der Waals surface area contributed by atoms with Crippen LogP contribution >= 0.6 is 0 Å². The summed E-state index contributed by atoms with van der Waals surface area (Å²) in [5, 5.41) is 3.66. The summed E-state index contributed by atoms with van der Waals surface area (Å²) in [4.78, 5) is 14.5. The van der Waals surface area contributed by atoms with Crippen LogP contribution < -0.4 is 5.32 Å². The average molecular weight is 296 g/mol. The van der Waals surface area contributed by atoms with E-state index in [-0.39, 0.29) is 11.9 Å². The number of carbonyl (C=O) groups is 1. The second-order valence-electron chi connectivity index (χ2n) is 7.32. The topological polar surface area (TPSA) is 41.6 Å². The molecule has 1 aliphatic heterocycles. The zero-order valence-corrected chi connectivity index (χ0v) is 14.1. The second kappa shape index (κ2) is 7.59. The van der Waals surface area contributed by atoms with E-state index in [0.29, 0.717) is 12.1 Å². The maximum Gasteiger partial charge on any atom is 0.310 e. The normalized spacial score (nSPS) is 28.6. The molecule has 0 aromatic carbocycles. The van der Waals surface area contributed by atoms with Gasteiger partial charge in [0.15, 0.2) is 0 Å². The molecule has 2 fully saturated rings. The Labute approximate surface area is 129 Å². The molecule has 3 unspecified atom stereocenters. The third-order valence-corrected chi connectivity index (χ3v) is 5.05. The van der Waals surface area contributed by atoms with Crippen LogP contribution in [0.15, 0.2) is 0 Å². The monoisotopic (exact) mass is 296 g/mol. The van der Waals surface area contributed by atoms with Crippen molar-refractivity contribution in [3.8, 4) is 0 Å². The van der Waals surface area contributed by atoms with E-state index in [0.717, 1.165) is 37.9 Å². The molecule has 1 heterocycles. The summed E-state index contributed by atoms with van der Waals surface area (Å²) in [6.07, 6.45) is 4.81. The van der Waals surface area contributed by atoms with Crippen molar-refractivity contribution in [1.82, 2.24) is 10.2 Å². The third-order valence-electron chi connectivity index (χ3n) is 5.05. The first-order valence-electron chi connectivity index (χ1n) is 8.56. The van der Waals surface area contributed by atoms with Crippen molar-refractivity contribution in [1.29, 1.82) is 0 Å². The van der Waals surface area contributed by atoms with Crippen LogP contribution in [-0.4, -0.2) is 49.7 Å². The van der Waals surface area contributed by atoms with E-state index < -0.39 is 0 Å². The van der Waals surface area contributed by atoms with E-state index in [1.165, 1.54) is 26.4 Å². The molecule has 4 heteroatoms. The molecule has 21 heavy (non-hydrogen) atoms. The Hall–Kier alpha value is -0.610. The van der Waals surface area contributed by atoms with Crippen molar-refractivity contribution >= 4 is 5.97 Å². The molecule has 0 radical (unpaired) electrons. The number of likely N-dealkylation sites (tertiary alicyclic amines) is 1. The Bertz CT molecular complexity index is 342. The molecular weight excluding hydrogens is 264 g/mol. The number of carbonyl (C=O) groups excluding carboxylic acids is 1. The standard InChI is InChI=1S/C17H32N2O2/c1-12(2)7-8-18-16-9-15(17(20)21-4)10-19(11-16)13(3)14-5-6-14/h12-16,18H,5-11H2,1-4H3. The van der Waals surface area contributed by atoms with Crippen LogP contribution in [0.25, 0.3) is 0 Å². The van der Waals surface area contributed by atoms with Crippen LogP contribution in [0.2, 0.25) is 0 Å². The molecule has 1 saturated carbocycles. The highest BCUT2D eigenvalue weighted by atomic mass is 16.5. The average Bonchev–Trinajstić information content (AvgIpc) is 3.29. The number of rotatable bonds is 7. The summed E-state index contributed by atoms with van der Waals surface area (Å²) >= 11 is 0. The number of ether oxygens (including phenoxy) is 1. The largest absolute Gasteiger partial charge is 0.469 e. The van der Waals surface area contributed by atoms with Crippen LogP contribution in [0.5, 0.6) is 0 Å². The van der Waals surface area contributed by atoms with Crippen LogP contribution in [0.1, 0.15) is 46.5 Å². The van der Waals surface area contributed by atoms with Gasteiger partial charge in [0.05, 0.1) is 13.0 Å². The third kappa shape index (κ3) is 4.96. The summed E-state index contributed by atoms with van der Waals surface area (Å²) in [5.74, 6) is 1.55. The van der Waals surface area contributed by atoms with E-state index in [1.807, 2.05) is 0 Å². The Morgan fingerprint density at radius 1 is 1.29 bits per heavy atom. The van der Waals surface area contributed by atoms with Gasteiger partial charge in [0, 0.05) is 25.2 Å². The highest BCUT2D eigenvalue weighted by Gasteiger charge is 2.38. The Kier molecular flexibility index (Phi) is 6.06. The van der Waals surface area contributed by atoms with Gasteiger partial charge in [-0.1, -0.05) is 13.8 Å². The molecule has 0 aromatic heterocycles. The number of hydrogen-bond donors (Lipinski definition) is 1. The van der Waals surface area contributed by atoms with Gasteiger partial charge >= 0.3 is 5.97 Å². The minimum Gasteiger partial charge on any atom is -0.469 e. The van der Waals surface area contributed by atoms with Gasteiger partial charge in [-0.25, -0.2) is 0 Å². The molecular formula is C17H32N2O2. The maximum atomic E-state index is 12.0. The van der Waals surface area contributed by atoms with E-state index in [4.69, 9.17) is 4.74 Å². The fraction of sp³-hybridized carbons (Fsp3) is 0.941. The van der Waals surface area contributed by atoms with Gasteiger partial charge in [-0.3, -0.25) is 9.69 Å². The number of hydrogen-bond acceptors (Lipinski definition) is 4. The first-order chi connectivity index (χ1) is 10.0. The zero-order chi connectivity index (χ0) is 15.4. The molecule has 3 atom stereocenters. The Morgan fingerprint density at radius 2 is 2.00 bits per heavy atom. The molecule has 1 N–H and O–H groups in total. The van der Waals surface area contributed by atoms with Crippen molar-refractivity contribution in [3.05, 3.63) is 0 Å². The van der Waals surface area contributed by atoms with Gasteiger partial charge in [-0.05, 0) is 51.0 Å². The molecule has 4 nitrogen and oxygen atoms in total. The van der Waals surface area contributed by atoms with Gasteiger partial charge in [0.1, 0.15) is 0 Å². The highest BCUT2D eigenvalue weighted by molar-refractivity contribution is 5.72. The van der Waals surface area contributed by atoms with Crippen molar-refractivity contribution in [3.63, 3.8) is 0 Å². The molecule has 1 aliphatic carbocycles. The molecule has 0 amide bonds. The Morgan fingerprint density at radius 3 is 2.57 bits per heavy atom. The highest BCUT2D eigenvalue weighted by Crippen LogP contribution is 2.36. The van der Waals surface area contributed by atoms with Gasteiger partial charge in [0.25, 0.3) is 0 Å². The molecule has 0 spiro atoms. The minimum atomic E-state index is -0.0432. The van der Waals surface area contributed by atoms with Gasteiger partial charge in [-0.2, -0.15) is 0 Å². The summed E-state index contributed by atoms with van der Waals surface area (Å²) in [6.45, 7) is 9.81. The molecule has 2 rings (SSSR count). The minimum absolute atomic E-state index is 0.0292. The zero-order valence-electron chi connectivity index (χ0n) is 14.1. The lowest BCUT2D eigenvalue weighted by Gasteiger charge is -2.40. The quantitative estimate of drug-likeness (QED) is 0.732. The van der Waals surface area contributed by atoms with Crippen LogP contribution in [-0.2, 0) is 9.53 Å². The van der Waals surface area contributed by atoms with E-state index >= 15 is 0 Å². The van der Waals surface area contributed by atoms with Crippen LogP contribution in [0, 0.1) is 17.8 Å². The fourth-order valence-electron chi connectivity index (χ4n) is 3.40. The summed E-state index contributed by atoms with van der Waals surface area (Å²) in [7, 11) is 1.51. The number of methoxy groups -OCH3 is 1. The first kappa shape index (κ1) is 16.8. The first-order valence-corrected chi connectivity index (χ1v) is 8.56. The summed E-state index contributed by atoms with van der Waals surface area (Å²) in [6, 6.07) is 1.02. The molecule has 0 bridgehead atoms. The second-order valence-corrected chi connectivity index (χ2v) is 7.32. The lowest BCUT2D eigenvalue weighted by atomic mass is 9.92. The van der Waals surface area contributed by atoms with Crippen molar-refractivity contribution < 1.29 is 9.53 Å².